The average molecular weight is 370 g/mol. The van der Waals surface area contributed by atoms with Crippen LogP contribution in [0.5, 0.6) is 0 Å². The molecule has 0 spiro atoms. The maximum Gasteiger partial charge on any atom is 0.246 e. The number of amides is 1. The van der Waals surface area contributed by atoms with Crippen LogP contribution in [-0.4, -0.2) is 64.0 Å². The van der Waals surface area contributed by atoms with Gasteiger partial charge >= 0.3 is 0 Å². The predicted molar refractivity (Wildman–Crippen MR) is 88.1 cm³/mol. The van der Waals surface area contributed by atoms with Crippen LogP contribution >= 0.6 is 11.6 Å². The number of rotatable bonds is 4. The monoisotopic (exact) mass is 369 g/mol. The molecule has 0 unspecified atom stereocenters. The number of carbonyl (C=O) groups excluding carboxylic acids is 1. The highest BCUT2D eigenvalue weighted by molar-refractivity contribution is 7.91. The summed E-state index contributed by atoms with van der Waals surface area (Å²) in [5, 5.41) is 12.4. The molecule has 1 aromatic carbocycles. The first-order chi connectivity index (χ1) is 11.4. The third kappa shape index (κ3) is 3.57. The number of hydrogen-bond acceptors (Lipinski definition) is 6. The number of hydrogen-bond donors (Lipinski definition) is 0. The molecule has 1 saturated heterocycles. The van der Waals surface area contributed by atoms with Gasteiger partial charge in [-0.2, -0.15) is 4.80 Å². The molecule has 10 heteroatoms. The van der Waals surface area contributed by atoms with Crippen molar-refractivity contribution in [2.75, 3.05) is 18.6 Å². The summed E-state index contributed by atoms with van der Waals surface area (Å²) in [5.74, 6) is 0.193. The Labute approximate surface area is 144 Å². The van der Waals surface area contributed by atoms with E-state index in [1.54, 1.807) is 31.3 Å². The van der Waals surface area contributed by atoms with Crippen LogP contribution in [0.2, 0.25) is 5.02 Å². The van der Waals surface area contributed by atoms with Gasteiger partial charge in [0.2, 0.25) is 11.7 Å². The van der Waals surface area contributed by atoms with E-state index in [4.69, 9.17) is 11.6 Å². The van der Waals surface area contributed by atoms with Crippen molar-refractivity contribution in [3.63, 3.8) is 0 Å². The van der Waals surface area contributed by atoms with Gasteiger partial charge in [-0.25, -0.2) is 8.42 Å². The largest absolute Gasteiger partial charge is 0.340 e. The van der Waals surface area contributed by atoms with Gasteiger partial charge in [0.1, 0.15) is 6.54 Å². The molecule has 128 valence electrons. The Balaban J connectivity index is 1.69. The summed E-state index contributed by atoms with van der Waals surface area (Å²) in [5.41, 5.74) is 0.633. The number of benzene rings is 1. The molecule has 0 bridgehead atoms. The Morgan fingerprint density at radius 3 is 2.83 bits per heavy atom. The van der Waals surface area contributed by atoms with E-state index in [9.17, 15) is 13.2 Å². The molecule has 1 aliphatic rings. The van der Waals surface area contributed by atoms with Crippen LogP contribution in [0.4, 0.5) is 0 Å². The van der Waals surface area contributed by atoms with Gasteiger partial charge < -0.3 is 4.90 Å². The molecule has 0 aliphatic carbocycles. The minimum atomic E-state index is -3.04. The molecular weight excluding hydrogens is 354 g/mol. The second-order valence-corrected chi connectivity index (χ2v) is 8.32. The molecule has 1 amide bonds. The van der Waals surface area contributed by atoms with Crippen molar-refractivity contribution in [1.29, 1.82) is 0 Å². The predicted octanol–water partition coefficient (Wildman–Crippen LogP) is 0.639. The topological polar surface area (TPSA) is 98.1 Å². The van der Waals surface area contributed by atoms with Crippen LogP contribution in [0.15, 0.2) is 24.3 Å². The zero-order chi connectivity index (χ0) is 17.3. The normalized spacial score (nSPS) is 19.3. The van der Waals surface area contributed by atoms with Crippen molar-refractivity contribution >= 4 is 27.3 Å². The number of tetrazole rings is 1. The summed E-state index contributed by atoms with van der Waals surface area (Å²) in [6.07, 6.45) is 0.459. The lowest BCUT2D eigenvalue weighted by Crippen LogP contribution is -2.40. The molecule has 1 fully saturated rings. The summed E-state index contributed by atoms with van der Waals surface area (Å²) < 4.78 is 23.1. The summed E-state index contributed by atoms with van der Waals surface area (Å²) in [4.78, 5) is 14.9. The number of sulfone groups is 1. The zero-order valence-corrected chi connectivity index (χ0v) is 14.5. The lowest BCUT2D eigenvalue weighted by atomic mass is 10.2. The highest BCUT2D eigenvalue weighted by Crippen LogP contribution is 2.23. The smallest absolute Gasteiger partial charge is 0.246 e. The Bertz CT molecular complexity index is 867. The Kier molecular flexibility index (Phi) is 4.55. The van der Waals surface area contributed by atoms with Crippen LogP contribution in [0.3, 0.4) is 0 Å². The maximum atomic E-state index is 12.3. The van der Waals surface area contributed by atoms with E-state index >= 15 is 0 Å². The third-order valence-corrected chi connectivity index (χ3v) is 6.07. The Morgan fingerprint density at radius 1 is 1.42 bits per heavy atom. The molecule has 1 aromatic heterocycles. The van der Waals surface area contributed by atoms with Gasteiger partial charge in [-0.3, -0.25) is 4.79 Å². The van der Waals surface area contributed by atoms with Gasteiger partial charge in [-0.1, -0.05) is 23.7 Å². The van der Waals surface area contributed by atoms with Crippen molar-refractivity contribution in [3.8, 4) is 11.4 Å². The summed E-state index contributed by atoms with van der Waals surface area (Å²) in [6, 6.07) is 6.79. The molecule has 2 heterocycles. The molecule has 8 nitrogen and oxygen atoms in total. The molecule has 1 aliphatic heterocycles. The Hall–Kier alpha value is -2.00. The quantitative estimate of drug-likeness (QED) is 0.784. The van der Waals surface area contributed by atoms with E-state index in [1.165, 1.54) is 9.70 Å². The van der Waals surface area contributed by atoms with Crippen molar-refractivity contribution in [3.05, 3.63) is 29.3 Å². The van der Waals surface area contributed by atoms with E-state index in [1.807, 2.05) is 0 Å². The molecule has 24 heavy (non-hydrogen) atoms. The molecule has 2 aromatic rings. The first kappa shape index (κ1) is 16.8. The minimum absolute atomic E-state index is 0.00486. The second kappa shape index (κ2) is 6.48. The summed E-state index contributed by atoms with van der Waals surface area (Å²) in [7, 11) is -1.45. The minimum Gasteiger partial charge on any atom is -0.340 e. The highest BCUT2D eigenvalue weighted by Gasteiger charge is 2.32. The summed E-state index contributed by atoms with van der Waals surface area (Å²) in [6.45, 7) is -0.107. The number of halogens is 1. The van der Waals surface area contributed by atoms with E-state index in [0.29, 0.717) is 22.8 Å². The van der Waals surface area contributed by atoms with Crippen LogP contribution < -0.4 is 0 Å². The lowest BCUT2D eigenvalue weighted by Gasteiger charge is -2.22. The fourth-order valence-electron chi connectivity index (χ4n) is 2.58. The van der Waals surface area contributed by atoms with Crippen LogP contribution in [0.1, 0.15) is 6.42 Å². The van der Waals surface area contributed by atoms with E-state index in [-0.39, 0.29) is 30.0 Å². The van der Waals surface area contributed by atoms with Crippen LogP contribution in [-0.2, 0) is 21.2 Å². The third-order valence-electron chi connectivity index (χ3n) is 3.99. The van der Waals surface area contributed by atoms with Crippen LogP contribution in [0.25, 0.3) is 11.4 Å². The zero-order valence-electron chi connectivity index (χ0n) is 13.0. The van der Waals surface area contributed by atoms with Gasteiger partial charge in [-0.15, -0.1) is 10.2 Å². The Morgan fingerprint density at radius 2 is 2.17 bits per heavy atom. The molecule has 0 N–H and O–H groups in total. The van der Waals surface area contributed by atoms with Crippen molar-refractivity contribution in [2.24, 2.45) is 0 Å². The first-order valence-electron chi connectivity index (χ1n) is 7.34. The van der Waals surface area contributed by atoms with Crippen molar-refractivity contribution in [1.82, 2.24) is 25.1 Å². The molecule has 1 atom stereocenters. The number of aromatic nitrogens is 4. The molecule has 3 rings (SSSR count). The number of nitrogens with zero attached hydrogens (tertiary/aromatic N) is 5. The van der Waals surface area contributed by atoms with Gasteiger partial charge in [-0.05, 0) is 23.8 Å². The van der Waals surface area contributed by atoms with Crippen LogP contribution in [0, 0.1) is 0 Å². The maximum absolute atomic E-state index is 12.3. The molecule has 0 saturated carbocycles. The van der Waals surface area contributed by atoms with E-state index in [0.717, 1.165) is 0 Å². The van der Waals surface area contributed by atoms with E-state index < -0.39 is 9.84 Å². The highest BCUT2D eigenvalue weighted by atomic mass is 35.5. The van der Waals surface area contributed by atoms with E-state index in [2.05, 4.69) is 15.4 Å². The van der Waals surface area contributed by atoms with Gasteiger partial charge in [0, 0.05) is 18.7 Å². The average Bonchev–Trinajstić information content (AvgIpc) is 3.13. The SMILES string of the molecule is CN(C(=O)Cn1nnc(-c2ccccc2Cl)n1)[C@@H]1CCS(=O)(=O)C1. The van der Waals surface area contributed by atoms with Gasteiger partial charge in [0.25, 0.3) is 0 Å². The van der Waals surface area contributed by atoms with Crippen molar-refractivity contribution in [2.45, 2.75) is 19.0 Å². The fraction of sp³-hybridized carbons (Fsp3) is 0.429. The van der Waals surface area contributed by atoms with Gasteiger partial charge in [0.15, 0.2) is 9.84 Å². The fourth-order valence-corrected chi connectivity index (χ4v) is 4.57. The second-order valence-electron chi connectivity index (χ2n) is 5.68. The number of likely N-dealkylation sites (N-methyl/N-ethyl adjacent to an activating group) is 1. The summed E-state index contributed by atoms with van der Waals surface area (Å²) >= 11 is 6.09. The number of carbonyl (C=O) groups is 1. The van der Waals surface area contributed by atoms with Crippen molar-refractivity contribution < 1.29 is 13.2 Å². The molecule has 0 radical (unpaired) electrons. The lowest BCUT2D eigenvalue weighted by molar-refractivity contribution is -0.132. The molecular formula is C14H16ClN5O3S. The standard InChI is InChI=1S/C14H16ClN5O3S/c1-19(10-6-7-24(22,23)9-10)13(21)8-20-17-14(16-18-20)11-4-2-3-5-12(11)15/h2-5,10H,6-9H2,1H3/t10-/m1/s1. The van der Waals surface area contributed by atoms with Gasteiger partial charge in [0.05, 0.1) is 16.5 Å². The first-order valence-corrected chi connectivity index (χ1v) is 9.54.